The summed E-state index contributed by atoms with van der Waals surface area (Å²) in [6, 6.07) is 13.3. The minimum absolute atomic E-state index is 0.469. The number of methoxy groups -OCH3 is 1. The van der Waals surface area contributed by atoms with Crippen LogP contribution < -0.4 is 15.4 Å². The molecule has 5 nitrogen and oxygen atoms in total. The van der Waals surface area contributed by atoms with E-state index in [4.69, 9.17) is 9.47 Å². The summed E-state index contributed by atoms with van der Waals surface area (Å²) >= 11 is 0. The molecule has 0 aliphatic carbocycles. The monoisotopic (exact) mass is 328 g/mol. The molecule has 1 amide bonds. The maximum atomic E-state index is 11.8. The molecule has 128 valence electrons. The number of benzene rings is 2. The Labute approximate surface area is 143 Å². The molecule has 0 bridgehead atoms. The van der Waals surface area contributed by atoms with Crippen LogP contribution in [0.25, 0.3) is 0 Å². The van der Waals surface area contributed by atoms with Crippen molar-refractivity contribution in [2.45, 2.75) is 33.3 Å². The van der Waals surface area contributed by atoms with Crippen LogP contribution in [0.1, 0.15) is 26.3 Å². The molecular formula is C19H24N2O3. The molecule has 0 aliphatic rings. The van der Waals surface area contributed by atoms with Crippen molar-refractivity contribution in [1.82, 2.24) is 0 Å². The maximum Gasteiger partial charge on any atom is 0.412 e. The molecule has 0 aromatic heterocycles. The van der Waals surface area contributed by atoms with Gasteiger partial charge in [-0.1, -0.05) is 6.07 Å². The zero-order valence-electron chi connectivity index (χ0n) is 14.8. The Kier molecular flexibility index (Phi) is 5.34. The van der Waals surface area contributed by atoms with Crippen LogP contribution in [-0.4, -0.2) is 18.8 Å². The highest BCUT2D eigenvalue weighted by atomic mass is 16.6. The number of carbonyl (C=O) groups is 1. The Morgan fingerprint density at radius 2 is 1.62 bits per heavy atom. The van der Waals surface area contributed by atoms with Crippen molar-refractivity contribution in [2.75, 3.05) is 17.7 Å². The van der Waals surface area contributed by atoms with E-state index in [0.29, 0.717) is 5.69 Å². The highest BCUT2D eigenvalue weighted by Crippen LogP contribution is 2.29. The summed E-state index contributed by atoms with van der Waals surface area (Å²) in [5.41, 5.74) is 3.08. The van der Waals surface area contributed by atoms with Crippen LogP contribution in [0.5, 0.6) is 5.75 Å². The third-order valence-corrected chi connectivity index (χ3v) is 3.16. The fourth-order valence-electron chi connectivity index (χ4n) is 2.13. The highest BCUT2D eigenvalue weighted by molar-refractivity contribution is 5.85. The van der Waals surface area contributed by atoms with E-state index in [2.05, 4.69) is 10.6 Å². The first-order valence-corrected chi connectivity index (χ1v) is 7.78. The first kappa shape index (κ1) is 17.7. The molecule has 0 saturated heterocycles. The number of hydrogen-bond donors (Lipinski definition) is 2. The van der Waals surface area contributed by atoms with Gasteiger partial charge in [0.05, 0.1) is 12.8 Å². The smallest absolute Gasteiger partial charge is 0.412 e. The van der Waals surface area contributed by atoms with Crippen LogP contribution in [0.2, 0.25) is 0 Å². The lowest BCUT2D eigenvalue weighted by molar-refractivity contribution is 0.0636. The molecule has 2 N–H and O–H groups in total. The van der Waals surface area contributed by atoms with Crippen LogP contribution in [0, 0.1) is 6.92 Å². The Morgan fingerprint density at radius 3 is 2.21 bits per heavy atom. The van der Waals surface area contributed by atoms with Gasteiger partial charge in [0, 0.05) is 11.4 Å². The van der Waals surface area contributed by atoms with Gasteiger partial charge in [-0.15, -0.1) is 0 Å². The van der Waals surface area contributed by atoms with E-state index in [-0.39, 0.29) is 0 Å². The Hall–Kier alpha value is -2.69. The molecule has 0 atom stereocenters. The summed E-state index contributed by atoms with van der Waals surface area (Å²) < 4.78 is 10.6. The van der Waals surface area contributed by atoms with E-state index in [1.807, 2.05) is 70.2 Å². The van der Waals surface area contributed by atoms with E-state index in [0.717, 1.165) is 22.7 Å². The summed E-state index contributed by atoms with van der Waals surface area (Å²) in [4.78, 5) is 11.8. The van der Waals surface area contributed by atoms with Crippen LogP contribution >= 0.6 is 0 Å². The van der Waals surface area contributed by atoms with Crippen molar-refractivity contribution in [3.05, 3.63) is 48.0 Å². The predicted molar refractivity (Wildman–Crippen MR) is 97.3 cm³/mol. The zero-order chi connectivity index (χ0) is 17.7. The first-order chi connectivity index (χ1) is 11.3. The van der Waals surface area contributed by atoms with Gasteiger partial charge in [-0.05, 0) is 69.7 Å². The molecule has 0 fully saturated rings. The SMILES string of the molecule is COc1ccc(C)cc1Nc1ccc(NC(=O)OC(C)(C)C)cc1. The summed E-state index contributed by atoms with van der Waals surface area (Å²) in [5.74, 6) is 0.775. The Bertz CT molecular complexity index is 704. The van der Waals surface area contributed by atoms with Gasteiger partial charge in [-0.25, -0.2) is 4.79 Å². The van der Waals surface area contributed by atoms with Crippen molar-refractivity contribution < 1.29 is 14.3 Å². The number of hydrogen-bond acceptors (Lipinski definition) is 4. The van der Waals surface area contributed by atoms with Crippen molar-refractivity contribution in [2.24, 2.45) is 0 Å². The number of nitrogens with one attached hydrogen (secondary N) is 2. The quantitative estimate of drug-likeness (QED) is 0.820. The predicted octanol–water partition coefficient (Wildman–Crippen LogP) is 5.09. The van der Waals surface area contributed by atoms with Crippen LogP contribution in [0.3, 0.4) is 0 Å². The number of carbonyl (C=O) groups excluding carboxylic acids is 1. The molecule has 0 heterocycles. The van der Waals surface area contributed by atoms with E-state index in [1.165, 1.54) is 0 Å². The molecule has 0 aliphatic heterocycles. The molecule has 24 heavy (non-hydrogen) atoms. The standard InChI is InChI=1S/C19H24N2O3/c1-13-6-11-17(23-5)16(12-13)20-14-7-9-15(10-8-14)21-18(22)24-19(2,3)4/h6-12,20H,1-5H3,(H,21,22). The largest absolute Gasteiger partial charge is 0.495 e. The average Bonchev–Trinajstić information content (AvgIpc) is 2.47. The van der Waals surface area contributed by atoms with Crippen LogP contribution in [0.15, 0.2) is 42.5 Å². The van der Waals surface area contributed by atoms with Gasteiger partial charge in [0.1, 0.15) is 11.4 Å². The number of amides is 1. The maximum absolute atomic E-state index is 11.8. The minimum Gasteiger partial charge on any atom is -0.495 e. The summed E-state index contributed by atoms with van der Waals surface area (Å²) in [6.45, 7) is 7.51. The molecular weight excluding hydrogens is 304 g/mol. The lowest BCUT2D eigenvalue weighted by atomic mass is 10.2. The fourth-order valence-corrected chi connectivity index (χ4v) is 2.13. The Balaban J connectivity index is 2.05. The third kappa shape index (κ3) is 5.19. The van der Waals surface area contributed by atoms with Gasteiger partial charge in [0.15, 0.2) is 0 Å². The third-order valence-electron chi connectivity index (χ3n) is 3.16. The lowest BCUT2D eigenvalue weighted by Gasteiger charge is -2.19. The van der Waals surface area contributed by atoms with E-state index < -0.39 is 11.7 Å². The topological polar surface area (TPSA) is 59.6 Å². The van der Waals surface area contributed by atoms with Crippen molar-refractivity contribution in [1.29, 1.82) is 0 Å². The van der Waals surface area contributed by atoms with Crippen molar-refractivity contribution in [3.8, 4) is 5.75 Å². The molecule has 0 unspecified atom stereocenters. The minimum atomic E-state index is -0.521. The van der Waals surface area contributed by atoms with Gasteiger partial charge < -0.3 is 14.8 Å². The van der Waals surface area contributed by atoms with Crippen molar-refractivity contribution in [3.63, 3.8) is 0 Å². The zero-order valence-corrected chi connectivity index (χ0v) is 14.8. The second-order valence-electron chi connectivity index (χ2n) is 6.53. The second kappa shape index (κ2) is 7.25. The van der Waals surface area contributed by atoms with Gasteiger partial charge in [0.2, 0.25) is 0 Å². The van der Waals surface area contributed by atoms with Crippen LogP contribution in [-0.2, 0) is 4.74 Å². The number of aryl methyl sites for hydroxylation is 1. The first-order valence-electron chi connectivity index (χ1n) is 7.78. The number of ether oxygens (including phenoxy) is 2. The Morgan fingerprint density at radius 1 is 1.00 bits per heavy atom. The van der Waals surface area contributed by atoms with E-state index >= 15 is 0 Å². The normalized spacial score (nSPS) is 10.9. The lowest BCUT2D eigenvalue weighted by Crippen LogP contribution is -2.27. The van der Waals surface area contributed by atoms with Gasteiger partial charge in [0.25, 0.3) is 0 Å². The van der Waals surface area contributed by atoms with E-state index in [1.54, 1.807) is 7.11 Å². The fraction of sp³-hybridized carbons (Fsp3) is 0.316. The molecule has 2 aromatic rings. The molecule has 5 heteroatoms. The molecule has 0 radical (unpaired) electrons. The summed E-state index contributed by atoms with van der Waals surface area (Å²) in [7, 11) is 1.64. The van der Waals surface area contributed by atoms with Gasteiger partial charge in [-0.3, -0.25) is 5.32 Å². The molecule has 0 saturated carbocycles. The molecule has 0 spiro atoms. The summed E-state index contributed by atoms with van der Waals surface area (Å²) in [6.07, 6.45) is -0.469. The molecule has 2 aromatic carbocycles. The number of anilines is 3. The second-order valence-corrected chi connectivity index (χ2v) is 6.53. The van der Waals surface area contributed by atoms with E-state index in [9.17, 15) is 4.79 Å². The van der Waals surface area contributed by atoms with Gasteiger partial charge >= 0.3 is 6.09 Å². The van der Waals surface area contributed by atoms with Gasteiger partial charge in [-0.2, -0.15) is 0 Å². The number of rotatable bonds is 4. The van der Waals surface area contributed by atoms with Crippen LogP contribution in [0.4, 0.5) is 21.9 Å². The molecule has 2 rings (SSSR count). The average molecular weight is 328 g/mol. The summed E-state index contributed by atoms with van der Waals surface area (Å²) in [5, 5.41) is 6.02. The van der Waals surface area contributed by atoms with Crippen molar-refractivity contribution >= 4 is 23.2 Å². The highest BCUT2D eigenvalue weighted by Gasteiger charge is 2.16.